The molecule has 0 aliphatic carbocycles. The molecule has 1 aliphatic rings. The normalized spacial score (nSPS) is 18.0. The number of amides is 1. The lowest BCUT2D eigenvalue weighted by Crippen LogP contribution is -2.25. The Bertz CT molecular complexity index is 603. The van der Waals surface area contributed by atoms with Crippen molar-refractivity contribution < 1.29 is 4.79 Å². The van der Waals surface area contributed by atoms with Crippen LogP contribution >= 0.6 is 15.9 Å². The summed E-state index contributed by atoms with van der Waals surface area (Å²) in [6.45, 7) is 0.819. The Balaban J connectivity index is 2.26. The maximum atomic E-state index is 12.0. The van der Waals surface area contributed by atoms with Crippen LogP contribution in [0.15, 0.2) is 27.8 Å². The summed E-state index contributed by atoms with van der Waals surface area (Å²) in [6.07, 6.45) is 0.363. The molecule has 0 N–H and O–H groups in total. The molecule has 1 saturated heterocycles. The zero-order valence-corrected chi connectivity index (χ0v) is 11.5. The maximum Gasteiger partial charge on any atom is 0.227 e. The van der Waals surface area contributed by atoms with Gasteiger partial charge < -0.3 is 4.90 Å². The first kappa shape index (κ1) is 13.4. The molecule has 7 heteroatoms. The zero-order chi connectivity index (χ0) is 13.8. The van der Waals surface area contributed by atoms with Gasteiger partial charge in [0.1, 0.15) is 6.07 Å². The minimum Gasteiger partial charge on any atom is -0.311 e. The van der Waals surface area contributed by atoms with Crippen LogP contribution in [0.5, 0.6) is 0 Å². The number of carbonyl (C=O) groups excluding carboxylic acids is 1. The van der Waals surface area contributed by atoms with Crippen molar-refractivity contribution in [2.45, 2.75) is 6.42 Å². The van der Waals surface area contributed by atoms with Crippen LogP contribution in [0.1, 0.15) is 12.0 Å². The van der Waals surface area contributed by atoms with Gasteiger partial charge in [-0.25, -0.2) is 0 Å². The van der Waals surface area contributed by atoms with Gasteiger partial charge in [0.15, 0.2) is 0 Å². The summed E-state index contributed by atoms with van der Waals surface area (Å²) in [6, 6.07) is 7.29. The lowest BCUT2D eigenvalue weighted by Gasteiger charge is -2.18. The predicted octanol–water partition coefficient (Wildman–Crippen LogP) is 2.98. The highest BCUT2D eigenvalue weighted by molar-refractivity contribution is 9.10. The van der Waals surface area contributed by atoms with Gasteiger partial charge in [0.25, 0.3) is 0 Å². The second-order valence-corrected chi connectivity index (χ2v) is 5.03. The molecule has 19 heavy (non-hydrogen) atoms. The molecule has 96 valence electrons. The Morgan fingerprint density at radius 2 is 2.42 bits per heavy atom. The number of rotatable bonds is 3. The first-order chi connectivity index (χ1) is 9.17. The van der Waals surface area contributed by atoms with Crippen LogP contribution in [0.4, 0.5) is 5.69 Å². The number of carbonyl (C=O) groups is 1. The topological polar surface area (TPSA) is 92.9 Å². The standard InChI is InChI=1S/C12H10BrN5O/c13-12-9(5-14)2-1-3-10(12)18-7-8(4-11(18)19)6-16-17-15/h1-3,8H,4,6-7H2. The monoisotopic (exact) mass is 319 g/mol. The van der Waals surface area contributed by atoms with Crippen molar-refractivity contribution in [2.24, 2.45) is 11.0 Å². The fraction of sp³-hybridized carbons (Fsp3) is 0.333. The molecule has 1 atom stereocenters. The van der Waals surface area contributed by atoms with E-state index in [0.717, 1.165) is 0 Å². The number of hydrogen-bond donors (Lipinski definition) is 0. The van der Waals surface area contributed by atoms with Crippen LogP contribution in [0, 0.1) is 17.2 Å². The van der Waals surface area contributed by atoms with Gasteiger partial charge in [-0.2, -0.15) is 5.26 Å². The molecular weight excluding hydrogens is 310 g/mol. The molecule has 0 aromatic heterocycles. The lowest BCUT2D eigenvalue weighted by atomic mass is 10.1. The highest BCUT2D eigenvalue weighted by Gasteiger charge is 2.31. The highest BCUT2D eigenvalue weighted by Crippen LogP contribution is 2.33. The van der Waals surface area contributed by atoms with Crippen LogP contribution in [0.3, 0.4) is 0 Å². The van der Waals surface area contributed by atoms with Gasteiger partial charge in [-0.1, -0.05) is 11.2 Å². The van der Waals surface area contributed by atoms with Crippen molar-refractivity contribution in [1.82, 2.24) is 0 Å². The van der Waals surface area contributed by atoms with Crippen LogP contribution in [0.25, 0.3) is 10.4 Å². The average Bonchev–Trinajstić information content (AvgIpc) is 2.78. The van der Waals surface area contributed by atoms with Crippen LogP contribution in [0.2, 0.25) is 0 Å². The molecule has 0 radical (unpaired) electrons. The predicted molar refractivity (Wildman–Crippen MR) is 73.3 cm³/mol. The van der Waals surface area contributed by atoms with Gasteiger partial charge in [-0.05, 0) is 39.5 Å². The summed E-state index contributed by atoms with van der Waals surface area (Å²) < 4.78 is 0.621. The number of azide groups is 1. The summed E-state index contributed by atoms with van der Waals surface area (Å²) in [5.41, 5.74) is 9.48. The van der Waals surface area contributed by atoms with Gasteiger partial charge in [-0.3, -0.25) is 4.79 Å². The Morgan fingerprint density at radius 1 is 1.63 bits per heavy atom. The molecule has 1 aromatic carbocycles. The quantitative estimate of drug-likeness (QED) is 0.486. The first-order valence-corrected chi connectivity index (χ1v) is 6.46. The molecule has 1 aromatic rings. The molecule has 1 amide bonds. The minimum absolute atomic E-state index is 0.0195. The van der Waals surface area contributed by atoms with E-state index in [1.54, 1.807) is 23.1 Å². The third kappa shape index (κ3) is 2.70. The van der Waals surface area contributed by atoms with Crippen molar-refractivity contribution in [3.63, 3.8) is 0 Å². The molecule has 0 saturated carbocycles. The number of benzene rings is 1. The van der Waals surface area contributed by atoms with Crippen LogP contribution < -0.4 is 4.90 Å². The molecule has 1 unspecified atom stereocenters. The minimum atomic E-state index is -0.0195. The maximum absolute atomic E-state index is 12.0. The summed E-state index contributed by atoms with van der Waals surface area (Å²) >= 11 is 3.35. The summed E-state index contributed by atoms with van der Waals surface area (Å²) in [4.78, 5) is 16.3. The Kier molecular flexibility index (Phi) is 4.05. The Hall–Kier alpha value is -2.03. The van der Waals surface area contributed by atoms with Crippen molar-refractivity contribution >= 4 is 27.5 Å². The average molecular weight is 320 g/mol. The molecule has 0 spiro atoms. The fourth-order valence-corrected chi connectivity index (χ4v) is 2.67. The van der Waals surface area contributed by atoms with Gasteiger partial charge in [-0.15, -0.1) is 0 Å². The SMILES string of the molecule is N#Cc1cccc(N2CC(CN=[N+]=[N-])CC2=O)c1Br. The zero-order valence-electron chi connectivity index (χ0n) is 9.95. The lowest BCUT2D eigenvalue weighted by molar-refractivity contribution is -0.117. The van der Waals surface area contributed by atoms with E-state index >= 15 is 0 Å². The number of halogens is 1. The van der Waals surface area contributed by atoms with E-state index in [4.69, 9.17) is 10.8 Å². The largest absolute Gasteiger partial charge is 0.311 e. The van der Waals surface area contributed by atoms with Gasteiger partial charge in [0.05, 0.1) is 15.7 Å². The Labute approximate surface area is 118 Å². The van der Waals surface area contributed by atoms with Gasteiger partial charge in [0.2, 0.25) is 5.91 Å². The van der Waals surface area contributed by atoms with Gasteiger partial charge >= 0.3 is 0 Å². The van der Waals surface area contributed by atoms with E-state index in [-0.39, 0.29) is 11.8 Å². The number of anilines is 1. The molecule has 1 heterocycles. The third-order valence-electron chi connectivity index (χ3n) is 3.00. The smallest absolute Gasteiger partial charge is 0.227 e. The number of nitriles is 1. The van der Waals surface area contributed by atoms with Crippen molar-refractivity contribution in [1.29, 1.82) is 5.26 Å². The fourth-order valence-electron chi connectivity index (χ4n) is 2.10. The number of hydrogen-bond acceptors (Lipinski definition) is 3. The summed E-state index contributed by atoms with van der Waals surface area (Å²) in [7, 11) is 0. The second kappa shape index (κ2) is 5.74. The van der Waals surface area contributed by atoms with E-state index in [1.165, 1.54) is 0 Å². The van der Waals surface area contributed by atoms with Crippen molar-refractivity contribution in [3.05, 3.63) is 38.7 Å². The third-order valence-corrected chi connectivity index (χ3v) is 3.83. The number of nitrogens with zero attached hydrogens (tertiary/aromatic N) is 5. The molecule has 6 nitrogen and oxygen atoms in total. The van der Waals surface area contributed by atoms with E-state index in [2.05, 4.69) is 32.0 Å². The van der Waals surface area contributed by atoms with E-state index in [1.807, 2.05) is 0 Å². The molecule has 0 bridgehead atoms. The van der Waals surface area contributed by atoms with Gasteiger partial charge in [0, 0.05) is 24.4 Å². The second-order valence-electron chi connectivity index (χ2n) is 4.24. The first-order valence-electron chi connectivity index (χ1n) is 5.67. The van der Waals surface area contributed by atoms with E-state index in [0.29, 0.717) is 35.2 Å². The molecule has 1 fully saturated rings. The van der Waals surface area contributed by atoms with Crippen LogP contribution in [-0.2, 0) is 4.79 Å². The molecular formula is C12H10BrN5O. The van der Waals surface area contributed by atoms with Crippen molar-refractivity contribution in [2.75, 3.05) is 18.0 Å². The molecule has 2 rings (SSSR count). The van der Waals surface area contributed by atoms with Crippen LogP contribution in [-0.4, -0.2) is 19.0 Å². The summed E-state index contributed by atoms with van der Waals surface area (Å²) in [5.74, 6) is 0.00923. The summed E-state index contributed by atoms with van der Waals surface area (Å²) in [5, 5.41) is 12.5. The van der Waals surface area contributed by atoms with E-state index < -0.39 is 0 Å². The highest BCUT2D eigenvalue weighted by atomic mass is 79.9. The Morgan fingerprint density at radius 3 is 3.11 bits per heavy atom. The van der Waals surface area contributed by atoms with E-state index in [9.17, 15) is 4.79 Å². The molecule has 1 aliphatic heterocycles. The van der Waals surface area contributed by atoms with Crippen molar-refractivity contribution in [3.8, 4) is 6.07 Å².